The molecule has 6 heteroatoms. The molecule has 0 aliphatic rings. The first kappa shape index (κ1) is 11.8. The summed E-state index contributed by atoms with van der Waals surface area (Å²) in [5, 5.41) is 0. The quantitative estimate of drug-likeness (QED) is 0.933. The van der Waals surface area contributed by atoms with Crippen molar-refractivity contribution in [1.29, 1.82) is 0 Å². The lowest BCUT2D eigenvalue weighted by molar-refractivity contribution is 0.875. The molecule has 0 aliphatic heterocycles. The van der Waals surface area contributed by atoms with E-state index in [1.54, 1.807) is 12.4 Å². The Morgan fingerprint density at radius 2 is 2.35 bits per heavy atom. The fourth-order valence-corrected chi connectivity index (χ4v) is 2.00. The molecule has 17 heavy (non-hydrogen) atoms. The van der Waals surface area contributed by atoms with Gasteiger partial charge in [0, 0.05) is 26.0 Å². The van der Waals surface area contributed by atoms with Gasteiger partial charge >= 0.3 is 0 Å². The molecule has 0 unspecified atom stereocenters. The Kier molecular flexibility index (Phi) is 3.53. The zero-order valence-electron chi connectivity index (χ0n) is 9.22. The third-order valence-electron chi connectivity index (χ3n) is 2.28. The Hall–Kier alpha value is -1.69. The molecule has 2 heterocycles. The molecular formula is C11H11BrN4O. The molecule has 2 aromatic rings. The lowest BCUT2D eigenvalue weighted by Crippen LogP contribution is -2.21. The summed E-state index contributed by atoms with van der Waals surface area (Å²) in [4.78, 5) is 24.0. The number of H-pyrrole nitrogens is 1. The van der Waals surface area contributed by atoms with Crippen molar-refractivity contribution in [3.8, 4) is 0 Å². The highest BCUT2D eigenvalue weighted by molar-refractivity contribution is 9.10. The minimum absolute atomic E-state index is 0.187. The monoisotopic (exact) mass is 294 g/mol. The van der Waals surface area contributed by atoms with Gasteiger partial charge in [-0.25, -0.2) is 4.98 Å². The van der Waals surface area contributed by atoms with Crippen molar-refractivity contribution in [3.05, 3.63) is 51.2 Å². The second kappa shape index (κ2) is 5.09. The van der Waals surface area contributed by atoms with Crippen LogP contribution in [0.3, 0.4) is 0 Å². The smallest absolute Gasteiger partial charge is 0.267 e. The number of nitrogens with one attached hydrogen (secondary N) is 1. The average Bonchev–Trinajstić information content (AvgIpc) is 2.34. The number of aromatic amines is 1. The number of nitrogens with zero attached hydrogens (tertiary/aromatic N) is 3. The predicted octanol–water partition coefficient (Wildman–Crippen LogP) is 1.56. The van der Waals surface area contributed by atoms with Gasteiger partial charge in [0.2, 0.25) is 0 Å². The third kappa shape index (κ3) is 2.71. The van der Waals surface area contributed by atoms with Crippen LogP contribution in [-0.2, 0) is 6.54 Å². The first-order chi connectivity index (χ1) is 8.18. The SMILES string of the molecule is CN(Cc1cccnc1)c1nc[nH]c(=O)c1Br. The Balaban J connectivity index is 2.23. The minimum atomic E-state index is -0.187. The summed E-state index contributed by atoms with van der Waals surface area (Å²) in [5.41, 5.74) is 0.872. The zero-order chi connectivity index (χ0) is 12.3. The van der Waals surface area contributed by atoms with Crippen LogP contribution in [0, 0.1) is 0 Å². The molecule has 0 aromatic carbocycles. The summed E-state index contributed by atoms with van der Waals surface area (Å²) < 4.78 is 0.436. The molecule has 0 amide bonds. The molecule has 0 spiro atoms. The lowest BCUT2D eigenvalue weighted by Gasteiger charge is -2.18. The molecular weight excluding hydrogens is 284 g/mol. The molecule has 0 radical (unpaired) electrons. The fraction of sp³-hybridized carbons (Fsp3) is 0.182. The number of pyridine rings is 1. The molecule has 0 bridgehead atoms. The van der Waals surface area contributed by atoms with E-state index in [2.05, 4.69) is 30.9 Å². The molecule has 88 valence electrons. The van der Waals surface area contributed by atoms with Crippen molar-refractivity contribution in [2.75, 3.05) is 11.9 Å². The van der Waals surface area contributed by atoms with Gasteiger partial charge in [-0.1, -0.05) is 6.07 Å². The predicted molar refractivity (Wildman–Crippen MR) is 68.9 cm³/mol. The molecule has 2 aromatic heterocycles. The molecule has 2 rings (SSSR count). The van der Waals surface area contributed by atoms with Gasteiger partial charge in [0.1, 0.15) is 10.3 Å². The molecule has 1 N–H and O–H groups in total. The summed E-state index contributed by atoms with van der Waals surface area (Å²) in [6.07, 6.45) is 4.91. The van der Waals surface area contributed by atoms with Gasteiger partial charge in [-0.05, 0) is 27.6 Å². The second-order valence-corrected chi connectivity index (χ2v) is 4.38. The molecule has 0 saturated carbocycles. The van der Waals surface area contributed by atoms with E-state index in [0.29, 0.717) is 16.8 Å². The van der Waals surface area contributed by atoms with Crippen LogP contribution in [-0.4, -0.2) is 22.0 Å². The van der Waals surface area contributed by atoms with Gasteiger partial charge in [0.25, 0.3) is 5.56 Å². The van der Waals surface area contributed by atoms with Gasteiger partial charge in [-0.3, -0.25) is 9.78 Å². The first-order valence-electron chi connectivity index (χ1n) is 5.01. The van der Waals surface area contributed by atoms with Crippen molar-refractivity contribution in [1.82, 2.24) is 15.0 Å². The lowest BCUT2D eigenvalue weighted by atomic mass is 10.3. The van der Waals surface area contributed by atoms with Crippen LogP contribution in [0.5, 0.6) is 0 Å². The van der Waals surface area contributed by atoms with E-state index >= 15 is 0 Å². The van der Waals surface area contributed by atoms with Crippen LogP contribution in [0.4, 0.5) is 5.82 Å². The summed E-state index contributed by atoms with van der Waals surface area (Å²) in [6, 6.07) is 3.86. The fourth-order valence-electron chi connectivity index (χ4n) is 1.48. The average molecular weight is 295 g/mol. The summed E-state index contributed by atoms with van der Waals surface area (Å²) in [7, 11) is 1.87. The molecule has 0 aliphatic carbocycles. The van der Waals surface area contributed by atoms with Crippen LogP contribution in [0.1, 0.15) is 5.56 Å². The first-order valence-corrected chi connectivity index (χ1v) is 5.81. The number of anilines is 1. The number of rotatable bonds is 3. The Morgan fingerprint density at radius 1 is 1.53 bits per heavy atom. The Labute approximate surface area is 107 Å². The van der Waals surface area contributed by atoms with Crippen molar-refractivity contribution in [3.63, 3.8) is 0 Å². The standard InChI is InChI=1S/C11H11BrN4O/c1-16(6-8-3-2-4-13-5-8)10-9(12)11(17)15-7-14-10/h2-5,7H,6H2,1H3,(H,14,15,17). The van der Waals surface area contributed by atoms with E-state index in [9.17, 15) is 4.79 Å². The van der Waals surface area contributed by atoms with Gasteiger partial charge in [-0.15, -0.1) is 0 Å². The van der Waals surface area contributed by atoms with Gasteiger partial charge in [-0.2, -0.15) is 0 Å². The van der Waals surface area contributed by atoms with Crippen LogP contribution in [0.2, 0.25) is 0 Å². The van der Waals surface area contributed by atoms with Crippen molar-refractivity contribution >= 4 is 21.7 Å². The van der Waals surface area contributed by atoms with Gasteiger partial charge in [0.15, 0.2) is 0 Å². The summed E-state index contributed by atoms with van der Waals surface area (Å²) in [6.45, 7) is 0.642. The summed E-state index contributed by atoms with van der Waals surface area (Å²) >= 11 is 3.23. The molecule has 0 saturated heterocycles. The van der Waals surface area contributed by atoms with Crippen LogP contribution >= 0.6 is 15.9 Å². The normalized spacial score (nSPS) is 10.2. The van der Waals surface area contributed by atoms with Gasteiger partial charge in [0.05, 0.1) is 6.33 Å². The maximum absolute atomic E-state index is 11.4. The van der Waals surface area contributed by atoms with E-state index in [-0.39, 0.29) is 5.56 Å². The van der Waals surface area contributed by atoms with E-state index in [1.165, 1.54) is 6.33 Å². The van der Waals surface area contributed by atoms with E-state index < -0.39 is 0 Å². The maximum atomic E-state index is 11.4. The highest BCUT2D eigenvalue weighted by atomic mass is 79.9. The van der Waals surface area contributed by atoms with E-state index in [4.69, 9.17) is 0 Å². The number of halogens is 1. The van der Waals surface area contributed by atoms with Crippen LogP contribution in [0.25, 0.3) is 0 Å². The zero-order valence-corrected chi connectivity index (χ0v) is 10.8. The number of hydrogen-bond acceptors (Lipinski definition) is 4. The minimum Gasteiger partial charge on any atom is -0.354 e. The van der Waals surface area contributed by atoms with Crippen LogP contribution < -0.4 is 10.5 Å². The topological polar surface area (TPSA) is 61.9 Å². The van der Waals surface area contributed by atoms with Crippen molar-refractivity contribution < 1.29 is 0 Å². The second-order valence-electron chi connectivity index (χ2n) is 3.59. The maximum Gasteiger partial charge on any atom is 0.267 e. The Morgan fingerprint density at radius 3 is 3.06 bits per heavy atom. The third-order valence-corrected chi connectivity index (χ3v) is 3.00. The highest BCUT2D eigenvalue weighted by Crippen LogP contribution is 2.18. The van der Waals surface area contributed by atoms with E-state index in [0.717, 1.165) is 5.56 Å². The molecule has 0 fully saturated rings. The highest BCUT2D eigenvalue weighted by Gasteiger charge is 2.10. The largest absolute Gasteiger partial charge is 0.354 e. The van der Waals surface area contributed by atoms with Crippen LogP contribution in [0.15, 0.2) is 40.1 Å². The van der Waals surface area contributed by atoms with Crippen molar-refractivity contribution in [2.24, 2.45) is 0 Å². The van der Waals surface area contributed by atoms with E-state index in [1.807, 2.05) is 24.1 Å². The molecule has 5 nitrogen and oxygen atoms in total. The number of aromatic nitrogens is 3. The number of hydrogen-bond donors (Lipinski definition) is 1. The Bertz CT molecular complexity index is 555. The summed E-state index contributed by atoms with van der Waals surface area (Å²) in [5.74, 6) is 0.609. The van der Waals surface area contributed by atoms with Crippen molar-refractivity contribution in [2.45, 2.75) is 6.54 Å². The molecule has 0 atom stereocenters. The van der Waals surface area contributed by atoms with Gasteiger partial charge < -0.3 is 9.88 Å².